The maximum Gasteiger partial charge on any atom is 0.0239 e. The van der Waals surface area contributed by atoms with E-state index < -0.39 is 0 Å². The summed E-state index contributed by atoms with van der Waals surface area (Å²) in [6, 6.07) is 0.606. The van der Waals surface area contributed by atoms with E-state index in [1.807, 2.05) is 0 Å². The average molecular weight is 196 g/mol. The summed E-state index contributed by atoms with van der Waals surface area (Å²) < 4.78 is 0. The predicted molar refractivity (Wildman–Crippen MR) is 59.6 cm³/mol. The van der Waals surface area contributed by atoms with E-state index in [-0.39, 0.29) is 0 Å². The molecule has 0 heterocycles. The molecule has 2 nitrogen and oxygen atoms in total. The summed E-state index contributed by atoms with van der Waals surface area (Å²) in [5, 5.41) is 0. The van der Waals surface area contributed by atoms with Crippen molar-refractivity contribution in [2.75, 3.05) is 0 Å². The van der Waals surface area contributed by atoms with E-state index in [1.54, 1.807) is 0 Å². The van der Waals surface area contributed by atoms with Gasteiger partial charge in [0.05, 0.1) is 0 Å². The molecular weight excluding hydrogens is 172 g/mol. The van der Waals surface area contributed by atoms with Crippen LogP contribution in [0, 0.1) is 17.8 Å². The summed E-state index contributed by atoms with van der Waals surface area (Å²) >= 11 is 0. The van der Waals surface area contributed by atoms with Crippen molar-refractivity contribution in [1.29, 1.82) is 0 Å². The second-order valence-electron chi connectivity index (χ2n) is 5.26. The third-order valence-electron chi connectivity index (χ3n) is 4.18. The van der Waals surface area contributed by atoms with Gasteiger partial charge in [-0.15, -0.1) is 0 Å². The molecule has 2 fully saturated rings. The van der Waals surface area contributed by atoms with Gasteiger partial charge < -0.3 is 0 Å². The first-order chi connectivity index (χ1) is 6.85. The largest absolute Gasteiger partial charge is 0.271 e. The Kier molecular flexibility index (Phi) is 3.45. The first-order valence-electron chi connectivity index (χ1n) is 6.31. The van der Waals surface area contributed by atoms with Crippen LogP contribution in [0.3, 0.4) is 0 Å². The highest BCUT2D eigenvalue weighted by atomic mass is 15.2. The lowest BCUT2D eigenvalue weighted by Crippen LogP contribution is -2.40. The van der Waals surface area contributed by atoms with E-state index in [9.17, 15) is 0 Å². The molecule has 2 aliphatic carbocycles. The van der Waals surface area contributed by atoms with Crippen molar-refractivity contribution in [3.05, 3.63) is 0 Å². The van der Waals surface area contributed by atoms with Crippen molar-refractivity contribution < 1.29 is 0 Å². The van der Waals surface area contributed by atoms with Gasteiger partial charge in [-0.2, -0.15) is 0 Å². The smallest absolute Gasteiger partial charge is 0.0239 e. The third-order valence-corrected chi connectivity index (χ3v) is 4.18. The molecule has 0 spiro atoms. The lowest BCUT2D eigenvalue weighted by Gasteiger charge is -2.23. The van der Waals surface area contributed by atoms with Crippen LogP contribution < -0.4 is 11.3 Å². The van der Waals surface area contributed by atoms with Crippen LogP contribution in [0.1, 0.15) is 51.9 Å². The molecule has 82 valence electrons. The Morgan fingerprint density at radius 3 is 2.50 bits per heavy atom. The van der Waals surface area contributed by atoms with Crippen molar-refractivity contribution >= 4 is 0 Å². The van der Waals surface area contributed by atoms with Crippen molar-refractivity contribution in [2.24, 2.45) is 23.6 Å². The fourth-order valence-corrected chi connectivity index (χ4v) is 3.16. The van der Waals surface area contributed by atoms with Crippen LogP contribution in [0.25, 0.3) is 0 Å². The zero-order valence-electron chi connectivity index (χ0n) is 9.34. The molecule has 3 unspecified atom stereocenters. The van der Waals surface area contributed by atoms with Gasteiger partial charge in [-0.05, 0) is 43.4 Å². The minimum Gasteiger partial charge on any atom is -0.271 e. The van der Waals surface area contributed by atoms with Crippen LogP contribution in [0.5, 0.6) is 0 Å². The van der Waals surface area contributed by atoms with Gasteiger partial charge >= 0.3 is 0 Å². The van der Waals surface area contributed by atoms with Gasteiger partial charge in [-0.3, -0.25) is 11.3 Å². The van der Waals surface area contributed by atoms with Crippen molar-refractivity contribution in [3.8, 4) is 0 Å². The van der Waals surface area contributed by atoms with E-state index >= 15 is 0 Å². The van der Waals surface area contributed by atoms with Crippen molar-refractivity contribution in [3.63, 3.8) is 0 Å². The predicted octanol–water partition coefficient (Wildman–Crippen LogP) is 2.44. The number of rotatable bonds is 6. The van der Waals surface area contributed by atoms with Gasteiger partial charge in [0.2, 0.25) is 0 Å². The molecular formula is C12H24N2. The fourth-order valence-electron chi connectivity index (χ4n) is 3.16. The molecule has 3 N–H and O–H groups in total. The number of fused-ring (bicyclic) bond motifs is 1. The van der Waals surface area contributed by atoms with Gasteiger partial charge in [0.25, 0.3) is 0 Å². The lowest BCUT2D eigenvalue weighted by atomic mass is 9.91. The first-order valence-corrected chi connectivity index (χ1v) is 6.31. The Balaban J connectivity index is 1.69. The topological polar surface area (TPSA) is 38.0 Å². The van der Waals surface area contributed by atoms with E-state index in [0.29, 0.717) is 6.04 Å². The molecule has 0 aliphatic heterocycles. The Morgan fingerprint density at radius 2 is 1.93 bits per heavy atom. The Labute approximate surface area is 87.6 Å². The van der Waals surface area contributed by atoms with E-state index in [0.717, 1.165) is 17.8 Å². The normalized spacial score (nSPS) is 36.9. The molecule has 0 aromatic rings. The highest BCUT2D eigenvalue weighted by Crippen LogP contribution is 2.55. The first kappa shape index (κ1) is 10.4. The Morgan fingerprint density at radius 1 is 1.21 bits per heavy atom. The molecule has 2 heteroatoms. The van der Waals surface area contributed by atoms with Gasteiger partial charge in [-0.25, -0.2) is 0 Å². The minimum absolute atomic E-state index is 0.606. The molecule has 0 radical (unpaired) electrons. The SMILES string of the molecule is CCCCCC(NN)C1CC2CC2C1. The quantitative estimate of drug-likeness (QED) is 0.389. The molecule has 0 aromatic carbocycles. The summed E-state index contributed by atoms with van der Waals surface area (Å²) in [5.74, 6) is 8.70. The summed E-state index contributed by atoms with van der Waals surface area (Å²) in [5.41, 5.74) is 3.04. The van der Waals surface area contributed by atoms with Crippen molar-refractivity contribution in [1.82, 2.24) is 5.43 Å². The molecule has 3 atom stereocenters. The lowest BCUT2D eigenvalue weighted by molar-refractivity contribution is 0.314. The zero-order chi connectivity index (χ0) is 9.97. The van der Waals surface area contributed by atoms with Crippen LogP contribution in [-0.2, 0) is 0 Å². The molecule has 0 amide bonds. The third kappa shape index (κ3) is 2.29. The molecule has 2 saturated carbocycles. The van der Waals surface area contributed by atoms with Crippen molar-refractivity contribution in [2.45, 2.75) is 57.9 Å². The van der Waals surface area contributed by atoms with Crippen LogP contribution in [-0.4, -0.2) is 6.04 Å². The zero-order valence-corrected chi connectivity index (χ0v) is 9.34. The number of hydrazine groups is 1. The summed E-state index contributed by atoms with van der Waals surface area (Å²) in [7, 11) is 0. The number of hydrogen-bond acceptors (Lipinski definition) is 2. The highest BCUT2D eigenvalue weighted by molar-refractivity contribution is 4.98. The second-order valence-corrected chi connectivity index (χ2v) is 5.26. The van der Waals surface area contributed by atoms with E-state index in [4.69, 9.17) is 5.84 Å². The molecule has 0 saturated heterocycles. The van der Waals surface area contributed by atoms with Gasteiger partial charge in [0.1, 0.15) is 0 Å². The van der Waals surface area contributed by atoms with Gasteiger partial charge in [-0.1, -0.05) is 26.2 Å². The number of nitrogens with one attached hydrogen (secondary N) is 1. The molecule has 0 bridgehead atoms. The average Bonchev–Trinajstić information content (AvgIpc) is 2.81. The Bertz CT molecular complexity index is 171. The maximum atomic E-state index is 5.65. The van der Waals surface area contributed by atoms with Crippen LogP contribution >= 0.6 is 0 Å². The number of nitrogens with two attached hydrogens (primary N) is 1. The summed E-state index contributed by atoms with van der Waals surface area (Å²) in [6.45, 7) is 2.26. The van der Waals surface area contributed by atoms with E-state index in [1.165, 1.54) is 44.9 Å². The number of unbranched alkanes of at least 4 members (excludes halogenated alkanes) is 2. The summed E-state index contributed by atoms with van der Waals surface area (Å²) in [4.78, 5) is 0. The standard InChI is InChI=1S/C12H24N2/c1-2-3-4-5-12(14-13)11-7-9-6-10(9)8-11/h9-12,14H,2-8,13H2,1H3. The van der Waals surface area contributed by atoms with Gasteiger partial charge in [0.15, 0.2) is 0 Å². The molecule has 14 heavy (non-hydrogen) atoms. The maximum absolute atomic E-state index is 5.65. The molecule has 2 aliphatic rings. The van der Waals surface area contributed by atoms with Crippen LogP contribution in [0.15, 0.2) is 0 Å². The van der Waals surface area contributed by atoms with Crippen LogP contribution in [0.2, 0.25) is 0 Å². The fraction of sp³-hybridized carbons (Fsp3) is 1.00. The minimum atomic E-state index is 0.606. The number of hydrogen-bond donors (Lipinski definition) is 2. The Hall–Kier alpha value is -0.0800. The monoisotopic (exact) mass is 196 g/mol. The second kappa shape index (κ2) is 4.63. The highest BCUT2D eigenvalue weighted by Gasteiger charge is 2.47. The van der Waals surface area contributed by atoms with Gasteiger partial charge in [0, 0.05) is 6.04 Å². The summed E-state index contributed by atoms with van der Waals surface area (Å²) in [6.07, 6.45) is 9.72. The molecule has 0 aromatic heterocycles. The van der Waals surface area contributed by atoms with Crippen LogP contribution in [0.4, 0.5) is 0 Å². The van der Waals surface area contributed by atoms with E-state index in [2.05, 4.69) is 12.3 Å². The molecule has 2 rings (SSSR count).